The van der Waals surface area contributed by atoms with Gasteiger partial charge in [-0.1, -0.05) is 42.5 Å². The lowest BCUT2D eigenvalue weighted by Gasteiger charge is -2.39. The summed E-state index contributed by atoms with van der Waals surface area (Å²) in [6, 6.07) is 17.3. The summed E-state index contributed by atoms with van der Waals surface area (Å²) in [5.74, 6) is -0.553. The number of rotatable bonds is 5. The van der Waals surface area contributed by atoms with E-state index in [9.17, 15) is 9.59 Å². The van der Waals surface area contributed by atoms with E-state index in [1.54, 1.807) is 13.8 Å². The van der Waals surface area contributed by atoms with Gasteiger partial charge in [-0.2, -0.15) is 0 Å². The Bertz CT molecular complexity index is 772. The number of carbonyl (C=O) groups excluding carboxylic acids is 2. The predicted octanol–water partition coefficient (Wildman–Crippen LogP) is 3.01. The number of amides is 1. The van der Waals surface area contributed by atoms with E-state index in [0.29, 0.717) is 18.7 Å². The number of hydrogen-bond acceptors (Lipinski definition) is 4. The van der Waals surface area contributed by atoms with Crippen molar-refractivity contribution in [3.05, 3.63) is 60.2 Å². The molecule has 130 valence electrons. The van der Waals surface area contributed by atoms with Gasteiger partial charge in [-0.25, -0.2) is 0 Å². The maximum absolute atomic E-state index is 12.7. The average molecular weight is 338 g/mol. The van der Waals surface area contributed by atoms with Crippen LogP contribution >= 0.6 is 0 Å². The monoisotopic (exact) mass is 338 g/mol. The van der Waals surface area contributed by atoms with Crippen LogP contribution < -0.4 is 10.2 Å². The molecule has 0 spiro atoms. The SMILES string of the molecule is CC1(C)Nc2ccccc2N(CC(=O)OCCc2ccccc2)C1=O. The van der Waals surface area contributed by atoms with Crippen molar-refractivity contribution in [2.75, 3.05) is 23.4 Å². The molecule has 5 nitrogen and oxygen atoms in total. The molecule has 1 heterocycles. The molecule has 25 heavy (non-hydrogen) atoms. The highest BCUT2D eigenvalue weighted by Gasteiger charge is 2.39. The summed E-state index contributed by atoms with van der Waals surface area (Å²) >= 11 is 0. The number of benzene rings is 2. The summed E-state index contributed by atoms with van der Waals surface area (Å²) in [5, 5.41) is 3.21. The number of fused-ring (bicyclic) bond motifs is 1. The number of hydrogen-bond donors (Lipinski definition) is 1. The molecule has 0 atom stereocenters. The number of ether oxygens (including phenoxy) is 1. The van der Waals surface area contributed by atoms with Gasteiger partial charge >= 0.3 is 5.97 Å². The second-order valence-corrected chi connectivity index (χ2v) is 6.61. The number of para-hydroxylation sites is 2. The second kappa shape index (κ2) is 6.97. The maximum Gasteiger partial charge on any atom is 0.326 e. The second-order valence-electron chi connectivity index (χ2n) is 6.61. The van der Waals surface area contributed by atoms with E-state index < -0.39 is 11.5 Å². The normalized spacial score (nSPS) is 15.3. The third kappa shape index (κ3) is 3.82. The Morgan fingerprint density at radius 3 is 2.52 bits per heavy atom. The van der Waals surface area contributed by atoms with Gasteiger partial charge in [-0.15, -0.1) is 0 Å². The van der Waals surface area contributed by atoms with Crippen LogP contribution in [0.25, 0.3) is 0 Å². The third-order valence-corrected chi connectivity index (χ3v) is 4.21. The number of esters is 1. The van der Waals surface area contributed by atoms with E-state index in [4.69, 9.17) is 4.74 Å². The first-order chi connectivity index (χ1) is 12.0. The van der Waals surface area contributed by atoms with Crippen LogP contribution in [0.15, 0.2) is 54.6 Å². The van der Waals surface area contributed by atoms with Crippen molar-refractivity contribution in [3.63, 3.8) is 0 Å². The van der Waals surface area contributed by atoms with E-state index in [0.717, 1.165) is 11.3 Å². The fourth-order valence-electron chi connectivity index (χ4n) is 2.91. The Balaban J connectivity index is 1.64. The molecule has 0 bridgehead atoms. The molecule has 2 aromatic carbocycles. The van der Waals surface area contributed by atoms with Gasteiger partial charge in [0.05, 0.1) is 18.0 Å². The van der Waals surface area contributed by atoms with E-state index in [-0.39, 0.29) is 12.5 Å². The standard InChI is InChI=1S/C20H22N2O3/c1-20(2)19(24)22(17-11-7-6-10-16(17)21-20)14-18(23)25-13-12-15-8-4-3-5-9-15/h3-11,21H,12-14H2,1-2H3. The van der Waals surface area contributed by atoms with Crippen LogP contribution in [0.3, 0.4) is 0 Å². The van der Waals surface area contributed by atoms with Gasteiger partial charge in [-0.05, 0) is 31.5 Å². The van der Waals surface area contributed by atoms with E-state index in [1.165, 1.54) is 4.90 Å². The Labute approximate surface area is 147 Å². The summed E-state index contributed by atoms with van der Waals surface area (Å²) < 4.78 is 5.33. The zero-order valence-electron chi connectivity index (χ0n) is 14.5. The topological polar surface area (TPSA) is 58.6 Å². The summed E-state index contributed by atoms with van der Waals surface area (Å²) in [4.78, 5) is 26.4. The van der Waals surface area contributed by atoms with Gasteiger partial charge in [0.1, 0.15) is 12.1 Å². The van der Waals surface area contributed by atoms with Gasteiger partial charge in [0.15, 0.2) is 0 Å². The summed E-state index contributed by atoms with van der Waals surface area (Å²) in [7, 11) is 0. The zero-order valence-corrected chi connectivity index (χ0v) is 14.5. The molecule has 1 aliphatic rings. The number of nitrogens with zero attached hydrogens (tertiary/aromatic N) is 1. The van der Waals surface area contributed by atoms with Gasteiger partial charge in [0.25, 0.3) is 5.91 Å². The fourth-order valence-corrected chi connectivity index (χ4v) is 2.91. The molecular formula is C20H22N2O3. The van der Waals surface area contributed by atoms with Crippen molar-refractivity contribution in [2.24, 2.45) is 0 Å². The van der Waals surface area contributed by atoms with Crippen LogP contribution in [-0.2, 0) is 20.7 Å². The van der Waals surface area contributed by atoms with Gasteiger partial charge in [-0.3, -0.25) is 14.5 Å². The minimum atomic E-state index is -0.765. The van der Waals surface area contributed by atoms with Crippen molar-refractivity contribution < 1.29 is 14.3 Å². The van der Waals surface area contributed by atoms with Crippen molar-refractivity contribution in [1.29, 1.82) is 0 Å². The number of anilines is 2. The van der Waals surface area contributed by atoms with Crippen molar-refractivity contribution in [2.45, 2.75) is 25.8 Å². The first-order valence-electron chi connectivity index (χ1n) is 8.36. The summed E-state index contributed by atoms with van der Waals surface area (Å²) in [6.45, 7) is 3.82. The lowest BCUT2D eigenvalue weighted by atomic mass is 9.98. The van der Waals surface area contributed by atoms with Gasteiger partial charge in [0.2, 0.25) is 0 Å². The maximum atomic E-state index is 12.7. The minimum Gasteiger partial charge on any atom is -0.464 e. The fraction of sp³-hybridized carbons (Fsp3) is 0.300. The molecule has 1 amide bonds. The van der Waals surface area contributed by atoms with Crippen molar-refractivity contribution in [1.82, 2.24) is 0 Å². The van der Waals surface area contributed by atoms with E-state index in [2.05, 4.69) is 5.32 Å². The number of carbonyl (C=O) groups is 2. The highest BCUT2D eigenvalue weighted by molar-refractivity contribution is 6.09. The largest absolute Gasteiger partial charge is 0.464 e. The Morgan fingerprint density at radius 2 is 1.76 bits per heavy atom. The van der Waals surface area contributed by atoms with Crippen molar-refractivity contribution in [3.8, 4) is 0 Å². The molecule has 0 aliphatic carbocycles. The smallest absolute Gasteiger partial charge is 0.326 e. The molecule has 1 aliphatic heterocycles. The van der Waals surface area contributed by atoms with Crippen LogP contribution in [0.5, 0.6) is 0 Å². The molecule has 5 heteroatoms. The Hall–Kier alpha value is -2.82. The minimum absolute atomic E-state index is 0.0876. The Kier molecular flexibility index (Phi) is 4.74. The first-order valence-corrected chi connectivity index (χ1v) is 8.36. The number of nitrogens with one attached hydrogen (secondary N) is 1. The van der Waals surface area contributed by atoms with E-state index in [1.807, 2.05) is 54.6 Å². The molecule has 3 rings (SSSR count). The summed E-state index contributed by atoms with van der Waals surface area (Å²) in [6.07, 6.45) is 0.657. The average Bonchev–Trinajstić information content (AvgIpc) is 2.59. The van der Waals surface area contributed by atoms with E-state index >= 15 is 0 Å². The lowest BCUT2D eigenvalue weighted by Crippen LogP contribution is -2.55. The first kappa shape index (κ1) is 17.0. The Morgan fingerprint density at radius 1 is 1.08 bits per heavy atom. The quantitative estimate of drug-likeness (QED) is 0.852. The van der Waals surface area contributed by atoms with Crippen molar-refractivity contribution >= 4 is 23.3 Å². The van der Waals surface area contributed by atoms with Gasteiger partial charge in [0, 0.05) is 6.42 Å². The molecule has 1 N–H and O–H groups in total. The molecular weight excluding hydrogens is 316 g/mol. The highest BCUT2D eigenvalue weighted by Crippen LogP contribution is 2.34. The predicted molar refractivity (Wildman–Crippen MR) is 97.6 cm³/mol. The molecule has 0 radical (unpaired) electrons. The molecule has 0 saturated heterocycles. The molecule has 0 fully saturated rings. The van der Waals surface area contributed by atoms with Crippen LogP contribution in [0.2, 0.25) is 0 Å². The van der Waals surface area contributed by atoms with Crippen LogP contribution in [-0.4, -0.2) is 30.6 Å². The molecule has 0 saturated carbocycles. The third-order valence-electron chi connectivity index (χ3n) is 4.21. The van der Waals surface area contributed by atoms with Crippen LogP contribution in [0, 0.1) is 0 Å². The summed E-state index contributed by atoms with van der Waals surface area (Å²) in [5.41, 5.74) is 1.88. The van der Waals surface area contributed by atoms with Crippen LogP contribution in [0.1, 0.15) is 19.4 Å². The molecule has 2 aromatic rings. The van der Waals surface area contributed by atoms with Gasteiger partial charge < -0.3 is 10.1 Å². The highest BCUT2D eigenvalue weighted by atomic mass is 16.5. The molecule has 0 aromatic heterocycles. The lowest BCUT2D eigenvalue weighted by molar-refractivity contribution is -0.143. The molecule has 0 unspecified atom stereocenters. The van der Waals surface area contributed by atoms with Crippen LogP contribution in [0.4, 0.5) is 11.4 Å². The zero-order chi connectivity index (χ0) is 17.9.